The van der Waals surface area contributed by atoms with E-state index in [-0.39, 0.29) is 17.6 Å². The summed E-state index contributed by atoms with van der Waals surface area (Å²) in [6.45, 7) is 0. The second kappa shape index (κ2) is 10.1. The minimum absolute atomic E-state index is 0.0194. The topological polar surface area (TPSA) is 58.6 Å². The minimum atomic E-state index is -0.558. The number of benzene rings is 3. The number of Topliss-reactive ketones (excluding diaryl/α,β-unsaturated/α-hetero) is 1. The first-order valence-electron chi connectivity index (χ1n) is 12.4. The number of methoxy groups -OCH3 is 1. The number of anilines is 2. The van der Waals surface area contributed by atoms with Gasteiger partial charge in [-0.1, -0.05) is 48.0 Å². The van der Waals surface area contributed by atoms with Gasteiger partial charge in [-0.3, -0.25) is 14.5 Å². The number of amides is 1. The van der Waals surface area contributed by atoms with Gasteiger partial charge in [0.2, 0.25) is 0 Å². The lowest BCUT2D eigenvalue weighted by molar-refractivity contribution is -0.116. The average Bonchev–Trinajstić information content (AvgIpc) is 3.42. The number of ketones is 1. The van der Waals surface area contributed by atoms with Gasteiger partial charge in [-0.25, -0.2) is 0 Å². The maximum Gasteiger partial charge on any atom is 0.259 e. The molecule has 2 unspecified atom stereocenters. The summed E-state index contributed by atoms with van der Waals surface area (Å²) in [5.74, 6) is 0.630. The largest absolute Gasteiger partial charge is 0.497 e. The van der Waals surface area contributed by atoms with E-state index >= 15 is 0 Å². The molecule has 0 bridgehead atoms. The van der Waals surface area contributed by atoms with Crippen LogP contribution in [0.15, 0.2) is 102 Å². The lowest BCUT2D eigenvalue weighted by Gasteiger charge is -2.34. The molecule has 0 saturated carbocycles. The van der Waals surface area contributed by atoms with Crippen molar-refractivity contribution in [3.63, 3.8) is 0 Å². The molecule has 2 heterocycles. The number of ether oxygens (including phenoxy) is 1. The van der Waals surface area contributed by atoms with Crippen molar-refractivity contribution in [3.8, 4) is 5.75 Å². The Labute approximate surface area is 230 Å². The fraction of sp³-hybridized carbons (Fsp3) is 0.161. The molecular weight excluding hydrogens is 516 g/mol. The molecule has 4 aromatic rings. The minimum Gasteiger partial charge on any atom is -0.497 e. The Morgan fingerprint density at radius 1 is 1.00 bits per heavy atom. The van der Waals surface area contributed by atoms with Crippen LogP contribution in [0.3, 0.4) is 0 Å². The predicted octanol–water partition coefficient (Wildman–Crippen LogP) is 7.62. The number of carbonyl (C=O) groups excluding carboxylic acids is 2. The van der Waals surface area contributed by atoms with Gasteiger partial charge in [-0.15, -0.1) is 11.3 Å². The molecule has 5 nitrogen and oxygen atoms in total. The maximum absolute atomic E-state index is 14.2. The summed E-state index contributed by atoms with van der Waals surface area (Å²) in [5, 5.41) is 6.04. The number of hydrogen-bond acceptors (Lipinski definition) is 5. The lowest BCUT2D eigenvalue weighted by Crippen LogP contribution is -2.38. The Morgan fingerprint density at radius 3 is 2.55 bits per heavy atom. The number of fused-ring (bicyclic) bond motifs is 1. The zero-order valence-corrected chi connectivity index (χ0v) is 22.3. The Kier molecular flexibility index (Phi) is 6.52. The van der Waals surface area contributed by atoms with Crippen LogP contribution in [0.4, 0.5) is 11.4 Å². The molecule has 38 heavy (non-hydrogen) atoms. The standard InChI is InChI=1S/C31H25ClN2O3S/c1-37-23-13-11-19(12-14-23)21-17-25-29(27(35)18-21)30(28-10-5-15-38-28)34(26-9-3-2-8-24(26)33-25)31(36)20-6-4-7-22(32)16-20/h2-16,21,30,33H,17-18H2,1H3. The van der Waals surface area contributed by atoms with Crippen molar-refractivity contribution in [1.82, 2.24) is 0 Å². The van der Waals surface area contributed by atoms with E-state index in [4.69, 9.17) is 16.3 Å². The van der Waals surface area contributed by atoms with Gasteiger partial charge in [0.05, 0.1) is 18.5 Å². The maximum atomic E-state index is 14.2. The van der Waals surface area contributed by atoms with Crippen LogP contribution in [-0.4, -0.2) is 18.8 Å². The Morgan fingerprint density at radius 2 is 1.82 bits per heavy atom. The van der Waals surface area contributed by atoms with Crippen molar-refractivity contribution in [2.45, 2.75) is 24.8 Å². The average molecular weight is 541 g/mol. The number of nitrogens with one attached hydrogen (secondary N) is 1. The van der Waals surface area contributed by atoms with Crippen LogP contribution >= 0.6 is 22.9 Å². The molecule has 1 aromatic heterocycles. The van der Waals surface area contributed by atoms with Crippen LogP contribution < -0.4 is 15.0 Å². The third-order valence-corrected chi connectivity index (χ3v) is 8.34. The molecule has 1 aliphatic heterocycles. The van der Waals surface area contributed by atoms with Crippen molar-refractivity contribution in [1.29, 1.82) is 0 Å². The van der Waals surface area contributed by atoms with E-state index < -0.39 is 6.04 Å². The van der Waals surface area contributed by atoms with Crippen molar-refractivity contribution in [2.24, 2.45) is 0 Å². The smallest absolute Gasteiger partial charge is 0.259 e. The van der Waals surface area contributed by atoms with Crippen LogP contribution in [0.1, 0.15) is 45.6 Å². The van der Waals surface area contributed by atoms with E-state index in [1.165, 1.54) is 0 Å². The summed E-state index contributed by atoms with van der Waals surface area (Å²) in [4.78, 5) is 30.9. The summed E-state index contributed by atoms with van der Waals surface area (Å²) in [7, 11) is 1.64. The highest BCUT2D eigenvalue weighted by Gasteiger charge is 2.42. The normalized spacial score (nSPS) is 18.8. The van der Waals surface area contributed by atoms with Crippen molar-refractivity contribution >= 4 is 46.0 Å². The second-order valence-electron chi connectivity index (χ2n) is 9.44. The van der Waals surface area contributed by atoms with E-state index in [1.807, 2.05) is 66.0 Å². The Hall–Kier alpha value is -3.87. The van der Waals surface area contributed by atoms with Gasteiger partial charge < -0.3 is 10.1 Å². The second-order valence-corrected chi connectivity index (χ2v) is 10.9. The Balaban J connectivity index is 1.51. The summed E-state index contributed by atoms with van der Waals surface area (Å²) in [6.07, 6.45) is 1.02. The van der Waals surface area contributed by atoms with Crippen LogP contribution in [0.25, 0.3) is 0 Å². The van der Waals surface area contributed by atoms with Gasteiger partial charge in [0.1, 0.15) is 11.8 Å². The van der Waals surface area contributed by atoms with Crippen LogP contribution in [0.2, 0.25) is 5.02 Å². The van der Waals surface area contributed by atoms with Gasteiger partial charge in [0.25, 0.3) is 5.91 Å². The van der Waals surface area contributed by atoms with Gasteiger partial charge in [0, 0.05) is 33.2 Å². The fourth-order valence-corrected chi connectivity index (χ4v) is 6.42. The molecule has 1 amide bonds. The summed E-state index contributed by atoms with van der Waals surface area (Å²) in [6, 6.07) is 26.0. The predicted molar refractivity (Wildman–Crippen MR) is 152 cm³/mol. The zero-order valence-electron chi connectivity index (χ0n) is 20.7. The molecule has 2 atom stereocenters. The molecule has 0 fully saturated rings. The number of rotatable bonds is 4. The monoisotopic (exact) mass is 540 g/mol. The molecule has 3 aromatic carbocycles. The quantitative estimate of drug-likeness (QED) is 0.289. The molecule has 0 saturated heterocycles. The van der Waals surface area contributed by atoms with E-state index in [9.17, 15) is 9.59 Å². The van der Waals surface area contributed by atoms with E-state index in [0.29, 0.717) is 29.0 Å². The van der Waals surface area contributed by atoms with Crippen LogP contribution in [0.5, 0.6) is 5.75 Å². The third-order valence-electron chi connectivity index (χ3n) is 7.18. The van der Waals surface area contributed by atoms with Gasteiger partial charge >= 0.3 is 0 Å². The molecule has 0 spiro atoms. The van der Waals surface area contributed by atoms with Crippen LogP contribution in [0, 0.1) is 0 Å². The van der Waals surface area contributed by atoms with Gasteiger partial charge in [-0.05, 0) is 71.8 Å². The number of halogens is 1. The first-order valence-corrected chi connectivity index (χ1v) is 13.7. The first kappa shape index (κ1) is 24.5. The van der Waals surface area contributed by atoms with E-state index in [1.54, 1.807) is 47.6 Å². The molecule has 1 aliphatic carbocycles. The fourth-order valence-electron chi connectivity index (χ4n) is 5.40. The van der Waals surface area contributed by atoms with Gasteiger partial charge in [0.15, 0.2) is 5.78 Å². The van der Waals surface area contributed by atoms with E-state index in [2.05, 4.69) is 5.32 Å². The SMILES string of the molecule is COc1ccc(C2CC(=O)C3=C(C2)Nc2ccccc2N(C(=O)c2cccc(Cl)c2)C3c2cccs2)cc1. The summed E-state index contributed by atoms with van der Waals surface area (Å²) >= 11 is 7.81. The number of allylic oxidation sites excluding steroid dienone is 1. The highest BCUT2D eigenvalue weighted by atomic mass is 35.5. The zero-order chi connectivity index (χ0) is 26.2. The molecule has 2 aliphatic rings. The molecule has 0 radical (unpaired) electrons. The third kappa shape index (κ3) is 4.40. The lowest BCUT2D eigenvalue weighted by atomic mass is 9.79. The number of hydrogen-bond donors (Lipinski definition) is 1. The molecule has 6 rings (SSSR count). The summed E-state index contributed by atoms with van der Waals surface area (Å²) in [5.41, 5.74) is 4.57. The number of para-hydroxylation sites is 2. The number of carbonyl (C=O) groups is 2. The van der Waals surface area contributed by atoms with Crippen molar-refractivity contribution in [3.05, 3.63) is 123 Å². The summed E-state index contributed by atoms with van der Waals surface area (Å²) < 4.78 is 5.32. The van der Waals surface area contributed by atoms with E-state index in [0.717, 1.165) is 33.3 Å². The van der Waals surface area contributed by atoms with Gasteiger partial charge in [-0.2, -0.15) is 0 Å². The highest BCUT2D eigenvalue weighted by molar-refractivity contribution is 7.10. The molecule has 1 N–H and O–H groups in total. The van der Waals surface area contributed by atoms with Crippen LogP contribution in [-0.2, 0) is 4.79 Å². The molecule has 7 heteroatoms. The molecular formula is C31H25ClN2O3S. The number of thiophene rings is 1. The highest BCUT2D eigenvalue weighted by Crippen LogP contribution is 2.48. The van der Waals surface area contributed by atoms with Crippen molar-refractivity contribution < 1.29 is 14.3 Å². The Bertz CT molecular complexity index is 1550. The van der Waals surface area contributed by atoms with Crippen molar-refractivity contribution in [2.75, 3.05) is 17.3 Å². The first-order chi connectivity index (χ1) is 18.5. The molecule has 190 valence electrons. The number of nitrogens with zero attached hydrogens (tertiary/aromatic N) is 1.